The summed E-state index contributed by atoms with van der Waals surface area (Å²) >= 11 is 9.11. The third-order valence-corrected chi connectivity index (χ3v) is 4.92. The van der Waals surface area contributed by atoms with E-state index in [0.717, 1.165) is 34.5 Å². The molecule has 0 saturated carbocycles. The van der Waals surface area contributed by atoms with Crippen LogP contribution in [0.25, 0.3) is 11.1 Å². The zero-order valence-electron chi connectivity index (χ0n) is 13.4. The van der Waals surface area contributed by atoms with Crippen LogP contribution in [-0.2, 0) is 12.7 Å². The topological polar surface area (TPSA) is 12.0 Å². The van der Waals surface area contributed by atoms with Gasteiger partial charge in [0.25, 0.3) is 0 Å². The van der Waals surface area contributed by atoms with Gasteiger partial charge in [0.2, 0.25) is 0 Å². The first-order valence-electron chi connectivity index (χ1n) is 7.78. The lowest BCUT2D eigenvalue weighted by Gasteiger charge is -2.12. The van der Waals surface area contributed by atoms with Crippen molar-refractivity contribution in [3.8, 4) is 11.1 Å². The Morgan fingerprint density at radius 3 is 1.96 bits per heavy atom. The first-order chi connectivity index (χ1) is 12.3. The van der Waals surface area contributed by atoms with Crippen LogP contribution in [0.5, 0.6) is 0 Å². The Morgan fingerprint density at radius 2 is 1.42 bits per heavy atom. The molecule has 0 amide bonds. The summed E-state index contributed by atoms with van der Waals surface area (Å²) < 4.78 is 38.5. The van der Waals surface area contributed by atoms with E-state index in [0.29, 0.717) is 16.0 Å². The molecule has 0 radical (unpaired) electrons. The monoisotopic (exact) mass is 439 g/mol. The van der Waals surface area contributed by atoms with Crippen LogP contribution in [0.1, 0.15) is 11.1 Å². The Bertz CT molecular complexity index is 890. The standard InChI is InChI=1S/C20H14BrClF3N/c21-19-11-16(20(23,24)25)6-1-15(19)12-26-18-9-4-14(5-10-18)13-2-7-17(22)8-3-13/h1-11,26H,12H2. The van der Waals surface area contributed by atoms with Crippen molar-refractivity contribution in [1.29, 1.82) is 0 Å². The number of nitrogens with one attached hydrogen (secondary N) is 1. The highest BCUT2D eigenvalue weighted by molar-refractivity contribution is 9.10. The molecule has 0 heterocycles. The minimum Gasteiger partial charge on any atom is -0.381 e. The zero-order chi connectivity index (χ0) is 18.7. The molecule has 3 aromatic carbocycles. The van der Waals surface area contributed by atoms with Crippen molar-refractivity contribution in [2.45, 2.75) is 12.7 Å². The van der Waals surface area contributed by atoms with E-state index in [1.165, 1.54) is 6.07 Å². The lowest BCUT2D eigenvalue weighted by Crippen LogP contribution is -2.06. The molecule has 0 aliphatic heterocycles. The van der Waals surface area contributed by atoms with Crippen LogP contribution in [0.4, 0.5) is 18.9 Å². The molecule has 6 heteroatoms. The van der Waals surface area contributed by atoms with Crippen molar-refractivity contribution in [1.82, 2.24) is 0 Å². The summed E-state index contributed by atoms with van der Waals surface area (Å²) in [5.74, 6) is 0. The second kappa shape index (κ2) is 7.72. The SMILES string of the molecule is FC(F)(F)c1ccc(CNc2ccc(-c3ccc(Cl)cc3)cc2)c(Br)c1. The molecule has 1 N–H and O–H groups in total. The van der Waals surface area contributed by atoms with E-state index in [2.05, 4.69) is 21.2 Å². The molecule has 3 rings (SSSR count). The highest BCUT2D eigenvalue weighted by atomic mass is 79.9. The van der Waals surface area contributed by atoms with Gasteiger partial charge in [-0.15, -0.1) is 0 Å². The fraction of sp³-hybridized carbons (Fsp3) is 0.100. The minimum absolute atomic E-state index is 0.416. The first-order valence-corrected chi connectivity index (χ1v) is 8.95. The average molecular weight is 441 g/mol. The summed E-state index contributed by atoms with van der Waals surface area (Å²) in [7, 11) is 0. The van der Waals surface area contributed by atoms with Crippen LogP contribution in [0.15, 0.2) is 71.2 Å². The quantitative estimate of drug-likeness (QED) is 0.446. The van der Waals surface area contributed by atoms with Crippen LogP contribution in [0.3, 0.4) is 0 Å². The van der Waals surface area contributed by atoms with Gasteiger partial charge in [-0.2, -0.15) is 13.2 Å². The smallest absolute Gasteiger partial charge is 0.381 e. The fourth-order valence-electron chi connectivity index (χ4n) is 2.49. The third-order valence-electron chi connectivity index (χ3n) is 3.93. The van der Waals surface area contributed by atoms with Crippen LogP contribution in [0.2, 0.25) is 5.02 Å². The van der Waals surface area contributed by atoms with E-state index in [-0.39, 0.29) is 0 Å². The summed E-state index contributed by atoms with van der Waals surface area (Å²) in [6.07, 6.45) is -4.34. The van der Waals surface area contributed by atoms with E-state index in [1.807, 2.05) is 48.5 Å². The number of anilines is 1. The lowest BCUT2D eigenvalue weighted by molar-refractivity contribution is -0.137. The maximum atomic E-state index is 12.7. The normalized spacial score (nSPS) is 11.4. The van der Waals surface area contributed by atoms with Gasteiger partial charge in [-0.25, -0.2) is 0 Å². The maximum absolute atomic E-state index is 12.7. The van der Waals surface area contributed by atoms with Crippen molar-refractivity contribution >= 4 is 33.2 Å². The first kappa shape index (κ1) is 18.8. The van der Waals surface area contributed by atoms with Gasteiger partial charge in [0.15, 0.2) is 0 Å². The predicted octanol–water partition coefficient (Wildman–Crippen LogP) is 7.40. The molecule has 0 saturated heterocycles. The Labute approximate surface area is 162 Å². The molecular formula is C20H14BrClF3N. The van der Waals surface area contributed by atoms with Crippen LogP contribution < -0.4 is 5.32 Å². The summed E-state index contributed by atoms with van der Waals surface area (Å²) in [4.78, 5) is 0. The zero-order valence-corrected chi connectivity index (χ0v) is 15.8. The maximum Gasteiger partial charge on any atom is 0.416 e. The summed E-state index contributed by atoms with van der Waals surface area (Å²) in [5.41, 5.74) is 3.09. The van der Waals surface area contributed by atoms with Crippen LogP contribution in [-0.4, -0.2) is 0 Å². The van der Waals surface area contributed by atoms with Gasteiger partial charge in [0.05, 0.1) is 5.56 Å². The van der Waals surface area contributed by atoms with Gasteiger partial charge < -0.3 is 5.32 Å². The number of halogens is 5. The van der Waals surface area contributed by atoms with Gasteiger partial charge in [-0.1, -0.05) is 57.9 Å². The van der Waals surface area contributed by atoms with Gasteiger partial charge in [-0.3, -0.25) is 0 Å². The van der Waals surface area contributed by atoms with E-state index in [4.69, 9.17) is 11.6 Å². The van der Waals surface area contributed by atoms with Crippen molar-refractivity contribution < 1.29 is 13.2 Å². The fourth-order valence-corrected chi connectivity index (χ4v) is 3.13. The highest BCUT2D eigenvalue weighted by Crippen LogP contribution is 2.32. The summed E-state index contributed by atoms with van der Waals surface area (Å²) in [6.45, 7) is 0.416. The van der Waals surface area contributed by atoms with E-state index in [9.17, 15) is 13.2 Å². The molecule has 0 unspecified atom stereocenters. The molecule has 26 heavy (non-hydrogen) atoms. The van der Waals surface area contributed by atoms with E-state index < -0.39 is 11.7 Å². The van der Waals surface area contributed by atoms with E-state index in [1.54, 1.807) is 0 Å². The van der Waals surface area contributed by atoms with Gasteiger partial charge in [-0.05, 0) is 53.1 Å². The summed E-state index contributed by atoms with van der Waals surface area (Å²) in [6, 6.07) is 19.1. The number of alkyl halides is 3. The van der Waals surface area contributed by atoms with Crippen molar-refractivity contribution in [3.05, 3.63) is 87.4 Å². The second-order valence-electron chi connectivity index (χ2n) is 5.74. The van der Waals surface area contributed by atoms with Crippen molar-refractivity contribution in [2.75, 3.05) is 5.32 Å². The number of benzene rings is 3. The molecule has 0 fully saturated rings. The van der Waals surface area contributed by atoms with Gasteiger partial charge in [0, 0.05) is 21.7 Å². The Balaban J connectivity index is 1.68. The highest BCUT2D eigenvalue weighted by Gasteiger charge is 2.30. The Morgan fingerprint density at radius 1 is 0.846 bits per heavy atom. The second-order valence-corrected chi connectivity index (χ2v) is 7.03. The predicted molar refractivity (Wildman–Crippen MR) is 103 cm³/mol. The molecule has 1 nitrogen and oxygen atoms in total. The van der Waals surface area contributed by atoms with Crippen LogP contribution in [0, 0.1) is 0 Å². The number of hydrogen-bond donors (Lipinski definition) is 1. The Kier molecular flexibility index (Phi) is 5.58. The molecule has 0 atom stereocenters. The van der Waals surface area contributed by atoms with E-state index >= 15 is 0 Å². The molecule has 134 valence electrons. The van der Waals surface area contributed by atoms with Gasteiger partial charge >= 0.3 is 6.18 Å². The van der Waals surface area contributed by atoms with Crippen molar-refractivity contribution in [3.63, 3.8) is 0 Å². The third kappa shape index (κ3) is 4.59. The molecular weight excluding hydrogens is 427 g/mol. The lowest BCUT2D eigenvalue weighted by atomic mass is 10.1. The van der Waals surface area contributed by atoms with Gasteiger partial charge in [0.1, 0.15) is 0 Å². The van der Waals surface area contributed by atoms with Crippen molar-refractivity contribution in [2.24, 2.45) is 0 Å². The van der Waals surface area contributed by atoms with Crippen LogP contribution >= 0.6 is 27.5 Å². The number of hydrogen-bond acceptors (Lipinski definition) is 1. The Hall–Kier alpha value is -1.98. The molecule has 3 aromatic rings. The largest absolute Gasteiger partial charge is 0.416 e. The minimum atomic E-state index is -4.34. The molecule has 0 spiro atoms. The molecule has 0 aliphatic rings. The average Bonchev–Trinajstić information content (AvgIpc) is 2.61. The molecule has 0 aliphatic carbocycles. The number of rotatable bonds is 4. The molecule has 0 bridgehead atoms. The summed E-state index contributed by atoms with van der Waals surface area (Å²) in [5, 5.41) is 3.90. The molecule has 0 aromatic heterocycles.